The first-order valence-electron chi connectivity index (χ1n) is 9.89. The zero-order valence-electron chi connectivity index (χ0n) is 16.7. The van der Waals surface area contributed by atoms with Crippen molar-refractivity contribution >= 4 is 23.5 Å². The molecule has 0 radical (unpaired) electrons. The number of nitrogens with one attached hydrogen (secondary N) is 3. The largest absolute Gasteiger partial charge is 0.465 e. The van der Waals surface area contributed by atoms with E-state index in [-0.39, 0.29) is 11.9 Å². The lowest BCUT2D eigenvalue weighted by atomic mass is 10.1. The summed E-state index contributed by atoms with van der Waals surface area (Å²) in [5.41, 5.74) is 2.72. The minimum Gasteiger partial charge on any atom is -0.465 e. The van der Waals surface area contributed by atoms with E-state index < -0.39 is 0 Å². The fourth-order valence-corrected chi connectivity index (χ4v) is 3.83. The quantitative estimate of drug-likeness (QED) is 0.543. The Bertz CT molecular complexity index is 833. The zero-order chi connectivity index (χ0) is 20.6. The highest BCUT2D eigenvalue weighted by atomic mass is 35.5. The molecule has 3 rings (SSSR count). The van der Waals surface area contributed by atoms with Crippen LogP contribution in [-0.2, 0) is 22.6 Å². The molecule has 1 aliphatic heterocycles. The van der Waals surface area contributed by atoms with Crippen molar-refractivity contribution in [3.05, 3.63) is 70.2 Å². The van der Waals surface area contributed by atoms with E-state index in [4.69, 9.17) is 11.6 Å². The molecule has 1 fully saturated rings. The van der Waals surface area contributed by atoms with Gasteiger partial charge in [0.15, 0.2) is 6.54 Å². The van der Waals surface area contributed by atoms with E-state index in [9.17, 15) is 9.59 Å². The summed E-state index contributed by atoms with van der Waals surface area (Å²) in [4.78, 5) is 26.6. The lowest BCUT2D eigenvalue weighted by Gasteiger charge is -2.29. The Kier molecular flexibility index (Phi) is 7.63. The highest BCUT2D eigenvalue weighted by Crippen LogP contribution is 2.09. The molecule has 0 atom stereocenters. The highest BCUT2D eigenvalue weighted by molar-refractivity contribution is 6.30. The number of halogens is 1. The molecule has 0 unspecified atom stereocenters. The molecule has 1 saturated heterocycles. The van der Waals surface area contributed by atoms with Crippen LogP contribution < -0.4 is 15.1 Å². The number of benzene rings is 2. The van der Waals surface area contributed by atoms with E-state index in [0.29, 0.717) is 18.7 Å². The normalized spacial score (nSPS) is 18.8. The molecule has 1 heterocycles. The topological polar surface area (TPSA) is 64.3 Å². The molecule has 1 aliphatic rings. The summed E-state index contributed by atoms with van der Waals surface area (Å²) in [6.45, 7) is 5.98. The molecular weight excluding hydrogens is 390 g/mol. The molecule has 29 heavy (non-hydrogen) atoms. The Hall–Kier alpha value is -2.41. The lowest BCUT2D eigenvalue weighted by Crippen LogP contribution is -3.28. The first-order valence-corrected chi connectivity index (χ1v) is 10.3. The number of piperazine rings is 1. The number of hydrogen-bond donors (Lipinski definition) is 3. The van der Waals surface area contributed by atoms with Crippen LogP contribution in [0.2, 0.25) is 5.02 Å². The summed E-state index contributed by atoms with van der Waals surface area (Å²) in [5.74, 6) is -0.309. The van der Waals surface area contributed by atoms with Gasteiger partial charge in [0.25, 0.3) is 5.91 Å². The summed E-state index contributed by atoms with van der Waals surface area (Å²) < 4.78 is 4.69. The van der Waals surface area contributed by atoms with Gasteiger partial charge in [0.1, 0.15) is 32.7 Å². The van der Waals surface area contributed by atoms with E-state index in [0.717, 1.165) is 43.3 Å². The number of esters is 1. The number of carbonyl (C=O) groups is 2. The summed E-state index contributed by atoms with van der Waals surface area (Å²) >= 11 is 6.07. The number of quaternary nitrogens is 2. The lowest BCUT2D eigenvalue weighted by molar-refractivity contribution is -1.02. The molecular formula is C22H28ClN3O3+2. The second kappa shape index (κ2) is 10.4. The molecule has 0 spiro atoms. The van der Waals surface area contributed by atoms with Gasteiger partial charge in [-0.05, 0) is 29.8 Å². The van der Waals surface area contributed by atoms with Crippen molar-refractivity contribution in [1.82, 2.24) is 5.32 Å². The molecule has 2 aromatic carbocycles. The Morgan fingerprint density at radius 2 is 1.69 bits per heavy atom. The summed E-state index contributed by atoms with van der Waals surface area (Å²) in [5, 5.41) is 3.75. The number of ether oxygens (including phenoxy) is 1. The maximum atomic E-state index is 12.3. The van der Waals surface area contributed by atoms with Gasteiger partial charge in [-0.3, -0.25) is 4.79 Å². The monoisotopic (exact) mass is 417 g/mol. The van der Waals surface area contributed by atoms with Gasteiger partial charge in [0.05, 0.1) is 12.7 Å². The molecule has 2 aromatic rings. The van der Waals surface area contributed by atoms with Gasteiger partial charge in [-0.15, -0.1) is 0 Å². The predicted octanol–water partition coefficient (Wildman–Crippen LogP) is -0.274. The van der Waals surface area contributed by atoms with Gasteiger partial charge in [-0.2, -0.15) is 0 Å². The minimum atomic E-state index is -0.360. The van der Waals surface area contributed by atoms with Crippen molar-refractivity contribution in [2.24, 2.45) is 0 Å². The number of methoxy groups -OCH3 is 1. The first kappa shape index (κ1) is 21.3. The SMILES string of the molecule is COC(=O)c1ccc(CNC(=O)C[NH+]2CC[NH+](Cc3cccc(Cl)c3)CC2)cc1. The Morgan fingerprint density at radius 3 is 2.34 bits per heavy atom. The van der Waals surface area contributed by atoms with Crippen LogP contribution in [0.5, 0.6) is 0 Å². The minimum absolute atomic E-state index is 0.0512. The van der Waals surface area contributed by atoms with E-state index in [2.05, 4.69) is 16.1 Å². The summed E-state index contributed by atoms with van der Waals surface area (Å²) in [6.07, 6.45) is 0. The highest BCUT2D eigenvalue weighted by Gasteiger charge is 2.24. The number of rotatable bonds is 7. The molecule has 0 aliphatic carbocycles. The van der Waals surface area contributed by atoms with Gasteiger partial charge in [0, 0.05) is 17.1 Å². The standard InChI is InChI=1S/C22H26ClN3O3/c1-29-22(28)19-7-5-17(6-8-19)14-24-21(27)16-26-11-9-25(10-12-26)15-18-3-2-4-20(23)13-18/h2-8,13H,9-12,14-16H2,1H3,(H,24,27)/p+2. The second-order valence-corrected chi connectivity index (χ2v) is 7.89. The Labute approximate surface area is 176 Å². The van der Waals surface area contributed by atoms with E-state index in [1.54, 1.807) is 12.1 Å². The van der Waals surface area contributed by atoms with Crippen LogP contribution in [0, 0.1) is 0 Å². The number of carbonyl (C=O) groups excluding carboxylic acids is 2. The average molecular weight is 418 g/mol. The maximum absolute atomic E-state index is 12.3. The Balaban J connectivity index is 1.38. The van der Waals surface area contributed by atoms with E-state index in [1.807, 2.05) is 30.3 Å². The van der Waals surface area contributed by atoms with Gasteiger partial charge in [-0.1, -0.05) is 35.9 Å². The van der Waals surface area contributed by atoms with Crippen LogP contribution in [0.4, 0.5) is 0 Å². The van der Waals surface area contributed by atoms with Gasteiger partial charge < -0.3 is 19.9 Å². The van der Waals surface area contributed by atoms with Gasteiger partial charge in [-0.25, -0.2) is 4.79 Å². The number of amides is 1. The predicted molar refractivity (Wildman–Crippen MR) is 111 cm³/mol. The average Bonchev–Trinajstić information content (AvgIpc) is 2.73. The Morgan fingerprint density at radius 1 is 1.00 bits per heavy atom. The third kappa shape index (κ3) is 6.56. The summed E-state index contributed by atoms with van der Waals surface area (Å²) in [6, 6.07) is 15.1. The van der Waals surface area contributed by atoms with Gasteiger partial charge >= 0.3 is 5.97 Å². The van der Waals surface area contributed by atoms with Crippen LogP contribution >= 0.6 is 11.6 Å². The zero-order valence-corrected chi connectivity index (χ0v) is 17.4. The van der Waals surface area contributed by atoms with Crippen molar-refractivity contribution in [3.8, 4) is 0 Å². The fraction of sp³-hybridized carbons (Fsp3) is 0.364. The van der Waals surface area contributed by atoms with Crippen LogP contribution in [-0.4, -0.2) is 51.7 Å². The first-order chi connectivity index (χ1) is 14.0. The van der Waals surface area contributed by atoms with Crippen molar-refractivity contribution in [2.45, 2.75) is 13.1 Å². The third-order valence-electron chi connectivity index (χ3n) is 5.28. The van der Waals surface area contributed by atoms with Crippen LogP contribution in [0.25, 0.3) is 0 Å². The summed E-state index contributed by atoms with van der Waals surface area (Å²) in [7, 11) is 1.36. The molecule has 0 aromatic heterocycles. The van der Waals surface area contributed by atoms with Crippen LogP contribution in [0.1, 0.15) is 21.5 Å². The van der Waals surface area contributed by atoms with Crippen LogP contribution in [0.3, 0.4) is 0 Å². The fourth-order valence-electron chi connectivity index (χ4n) is 3.61. The number of hydrogen-bond acceptors (Lipinski definition) is 3. The smallest absolute Gasteiger partial charge is 0.337 e. The van der Waals surface area contributed by atoms with E-state index >= 15 is 0 Å². The molecule has 6 nitrogen and oxygen atoms in total. The van der Waals surface area contributed by atoms with Crippen LogP contribution in [0.15, 0.2) is 48.5 Å². The molecule has 0 bridgehead atoms. The molecule has 7 heteroatoms. The molecule has 0 saturated carbocycles. The van der Waals surface area contributed by atoms with Crippen molar-refractivity contribution in [3.63, 3.8) is 0 Å². The molecule has 3 N–H and O–H groups in total. The van der Waals surface area contributed by atoms with Crippen molar-refractivity contribution in [1.29, 1.82) is 0 Å². The van der Waals surface area contributed by atoms with Gasteiger partial charge in [0.2, 0.25) is 0 Å². The molecule has 1 amide bonds. The second-order valence-electron chi connectivity index (χ2n) is 7.45. The maximum Gasteiger partial charge on any atom is 0.337 e. The van der Waals surface area contributed by atoms with Crippen molar-refractivity contribution < 1.29 is 24.1 Å². The molecule has 154 valence electrons. The third-order valence-corrected chi connectivity index (χ3v) is 5.52. The van der Waals surface area contributed by atoms with E-state index in [1.165, 1.54) is 22.5 Å². The van der Waals surface area contributed by atoms with Crippen molar-refractivity contribution in [2.75, 3.05) is 39.8 Å².